The molecule has 5 heterocycles. The fourth-order valence-electron chi connectivity index (χ4n) is 9.35. The van der Waals surface area contributed by atoms with Crippen molar-refractivity contribution in [2.45, 2.75) is 56.3 Å². The molecule has 214 valence electrons. The van der Waals surface area contributed by atoms with Gasteiger partial charge in [0.05, 0.1) is 32.8 Å². The first kappa shape index (κ1) is 26.1. The monoisotopic (exact) mass is 558 g/mol. The molecule has 1 saturated carbocycles. The Morgan fingerprint density at radius 3 is 2.46 bits per heavy atom. The number of esters is 2. The number of allylic oxidation sites excluding steroid dienone is 1. The maximum absolute atomic E-state index is 14.6. The molecule has 2 aromatic rings. The number of nitrogens with zero attached hydrogens (tertiary/aromatic N) is 2. The molecule has 5 bridgehead atoms. The van der Waals surface area contributed by atoms with Crippen molar-refractivity contribution in [3.05, 3.63) is 65.2 Å². The van der Waals surface area contributed by atoms with Gasteiger partial charge in [-0.1, -0.05) is 29.8 Å². The molecule has 1 amide bonds. The summed E-state index contributed by atoms with van der Waals surface area (Å²) in [5.74, 6) is -0.118. The van der Waals surface area contributed by atoms with E-state index in [1.807, 2.05) is 36.1 Å². The molecule has 4 saturated heterocycles. The van der Waals surface area contributed by atoms with E-state index in [4.69, 9.17) is 18.9 Å². The molecule has 8 rings (SSSR count). The number of methoxy groups -OCH3 is 3. The van der Waals surface area contributed by atoms with Gasteiger partial charge in [0.15, 0.2) is 11.5 Å². The maximum Gasteiger partial charge on any atom is 0.317 e. The second-order valence-electron chi connectivity index (χ2n) is 11.8. The molecule has 2 unspecified atom stereocenters. The average Bonchev–Trinajstić information content (AvgIpc) is 3.42. The zero-order valence-electron chi connectivity index (χ0n) is 23.9. The van der Waals surface area contributed by atoms with Crippen LogP contribution in [0.1, 0.15) is 42.6 Å². The molecule has 0 N–H and O–H groups in total. The van der Waals surface area contributed by atoms with Crippen LogP contribution in [0.25, 0.3) is 0 Å². The zero-order chi connectivity index (χ0) is 28.8. The molecule has 41 heavy (non-hydrogen) atoms. The van der Waals surface area contributed by atoms with E-state index in [1.165, 1.54) is 14.0 Å². The molecule has 6 aliphatic rings. The molecule has 5 aliphatic heterocycles. The fourth-order valence-corrected chi connectivity index (χ4v) is 9.35. The predicted molar refractivity (Wildman–Crippen MR) is 149 cm³/mol. The molecule has 9 heteroatoms. The van der Waals surface area contributed by atoms with Crippen LogP contribution >= 0.6 is 0 Å². The number of ether oxygens (including phenoxy) is 4. The fraction of sp³-hybridized carbons (Fsp3) is 0.469. The Morgan fingerprint density at radius 1 is 1.02 bits per heavy atom. The standard InChI is InChI=1S/C32H34N2O7/c1-6-18-16-33-23-14-21(18)32(30(37)40-5)26(33)15-31(29(32)41-17(2)35)20-9-7-8-10-22(20)34(27(23)31)28(36)19-11-12-24(38-3)25(13-19)39-4/h6-13,21,23,26-27,29H,14-16H2,1-5H3/b18-6+/t21-,23-,26-,27+,29-,31+,32?/m0/s1. The number of hydrogen-bond donors (Lipinski definition) is 0. The summed E-state index contributed by atoms with van der Waals surface area (Å²) in [6.45, 7) is 4.11. The van der Waals surface area contributed by atoms with Gasteiger partial charge >= 0.3 is 11.9 Å². The van der Waals surface area contributed by atoms with Crippen LogP contribution in [-0.4, -0.2) is 74.8 Å². The van der Waals surface area contributed by atoms with Crippen molar-refractivity contribution in [3.8, 4) is 11.5 Å². The molecule has 1 spiro atoms. The summed E-state index contributed by atoms with van der Waals surface area (Å²) in [5, 5.41) is 0. The highest BCUT2D eigenvalue weighted by Crippen LogP contribution is 2.73. The second kappa shape index (κ2) is 8.82. The Labute approximate surface area is 239 Å². The molecule has 5 fully saturated rings. The lowest BCUT2D eigenvalue weighted by Gasteiger charge is -2.61. The van der Waals surface area contributed by atoms with Gasteiger partial charge in [0, 0.05) is 42.7 Å². The second-order valence-corrected chi connectivity index (χ2v) is 11.8. The van der Waals surface area contributed by atoms with Gasteiger partial charge in [-0.15, -0.1) is 0 Å². The molecule has 0 radical (unpaired) electrons. The van der Waals surface area contributed by atoms with Crippen molar-refractivity contribution >= 4 is 23.5 Å². The highest BCUT2D eigenvalue weighted by molar-refractivity contribution is 6.09. The van der Waals surface area contributed by atoms with Crippen LogP contribution in [0.4, 0.5) is 5.69 Å². The van der Waals surface area contributed by atoms with E-state index >= 15 is 0 Å². The van der Waals surface area contributed by atoms with Gasteiger partial charge in [0.25, 0.3) is 5.91 Å². The maximum atomic E-state index is 14.6. The third-order valence-electron chi connectivity index (χ3n) is 10.6. The lowest BCUT2D eigenvalue weighted by atomic mass is 9.58. The molecular formula is C32H34N2O7. The number of amides is 1. The topological polar surface area (TPSA) is 94.6 Å². The molecular weight excluding hydrogens is 524 g/mol. The highest BCUT2D eigenvalue weighted by Gasteiger charge is 2.84. The van der Waals surface area contributed by atoms with Crippen LogP contribution in [0.3, 0.4) is 0 Å². The predicted octanol–water partition coefficient (Wildman–Crippen LogP) is 3.50. The Morgan fingerprint density at radius 2 is 1.78 bits per heavy atom. The summed E-state index contributed by atoms with van der Waals surface area (Å²) < 4.78 is 22.8. The van der Waals surface area contributed by atoms with Crippen molar-refractivity contribution in [1.29, 1.82) is 0 Å². The Hall–Kier alpha value is -3.85. The number of carbonyl (C=O) groups is 3. The van der Waals surface area contributed by atoms with Crippen LogP contribution in [-0.2, 0) is 24.5 Å². The minimum Gasteiger partial charge on any atom is -0.493 e. The van der Waals surface area contributed by atoms with Gasteiger partial charge in [-0.3, -0.25) is 19.3 Å². The number of benzene rings is 2. The van der Waals surface area contributed by atoms with Crippen LogP contribution in [0.2, 0.25) is 0 Å². The van der Waals surface area contributed by atoms with Crippen molar-refractivity contribution in [2.24, 2.45) is 11.3 Å². The summed E-state index contributed by atoms with van der Waals surface area (Å²) in [6.07, 6.45) is 2.54. The molecule has 9 nitrogen and oxygen atoms in total. The number of piperidine rings is 4. The normalized spacial score (nSPS) is 36.1. The first-order chi connectivity index (χ1) is 19.8. The van der Waals surface area contributed by atoms with Gasteiger partial charge in [0.1, 0.15) is 11.5 Å². The molecule has 2 aromatic carbocycles. The molecule has 0 aromatic heterocycles. The van der Waals surface area contributed by atoms with Gasteiger partial charge in [0.2, 0.25) is 0 Å². The molecule has 1 aliphatic carbocycles. The number of carbonyl (C=O) groups excluding carboxylic acids is 3. The third kappa shape index (κ3) is 2.97. The van der Waals surface area contributed by atoms with Crippen molar-refractivity contribution < 1.29 is 33.3 Å². The number of anilines is 1. The van der Waals surface area contributed by atoms with E-state index < -0.39 is 22.9 Å². The van der Waals surface area contributed by atoms with Crippen molar-refractivity contribution in [3.63, 3.8) is 0 Å². The smallest absolute Gasteiger partial charge is 0.317 e. The Balaban J connectivity index is 1.48. The minimum atomic E-state index is -1.07. The van der Waals surface area contributed by atoms with Gasteiger partial charge in [-0.05, 0) is 49.6 Å². The minimum absolute atomic E-state index is 0.0303. The van der Waals surface area contributed by atoms with E-state index in [2.05, 4.69) is 11.0 Å². The van der Waals surface area contributed by atoms with Gasteiger partial charge in [-0.25, -0.2) is 0 Å². The summed E-state index contributed by atoms with van der Waals surface area (Å²) in [5.41, 5.74) is 1.50. The summed E-state index contributed by atoms with van der Waals surface area (Å²) in [6, 6.07) is 12.5. The highest BCUT2D eigenvalue weighted by atomic mass is 16.6. The SMILES string of the molecule is C/C=C1\CN2[C@H]3C[C@@]45c6ccccc6N(C(=O)c6ccc(OC)c(OC)c6)[C@@H]4[C@@H]2C[C@@H]1C3(C(=O)OC)[C@H]5OC(C)=O. The van der Waals surface area contributed by atoms with Crippen LogP contribution in [0.5, 0.6) is 11.5 Å². The lowest BCUT2D eigenvalue weighted by Crippen LogP contribution is -2.72. The average molecular weight is 559 g/mol. The number of rotatable bonds is 5. The number of para-hydroxylation sites is 1. The van der Waals surface area contributed by atoms with Crippen molar-refractivity contribution in [1.82, 2.24) is 4.90 Å². The van der Waals surface area contributed by atoms with E-state index in [9.17, 15) is 14.4 Å². The van der Waals surface area contributed by atoms with Crippen LogP contribution in [0.15, 0.2) is 54.1 Å². The summed E-state index contributed by atoms with van der Waals surface area (Å²) in [7, 11) is 4.52. The van der Waals surface area contributed by atoms with E-state index in [0.29, 0.717) is 36.4 Å². The number of fused-ring (bicyclic) bond motifs is 2. The summed E-state index contributed by atoms with van der Waals surface area (Å²) >= 11 is 0. The third-order valence-corrected chi connectivity index (χ3v) is 10.6. The first-order valence-corrected chi connectivity index (χ1v) is 14.1. The van der Waals surface area contributed by atoms with Crippen LogP contribution < -0.4 is 14.4 Å². The lowest BCUT2D eigenvalue weighted by molar-refractivity contribution is -0.187. The Bertz CT molecular complexity index is 1520. The first-order valence-electron chi connectivity index (χ1n) is 14.1. The van der Waals surface area contributed by atoms with E-state index in [-0.39, 0.29) is 35.9 Å². The van der Waals surface area contributed by atoms with Gasteiger partial charge in [-0.2, -0.15) is 0 Å². The van der Waals surface area contributed by atoms with Crippen LogP contribution in [0, 0.1) is 11.3 Å². The van der Waals surface area contributed by atoms with E-state index in [0.717, 1.165) is 16.8 Å². The van der Waals surface area contributed by atoms with E-state index in [1.54, 1.807) is 32.4 Å². The Kier molecular flexibility index (Phi) is 5.61. The summed E-state index contributed by atoms with van der Waals surface area (Å²) in [4.78, 5) is 45.8. The molecule has 8 atom stereocenters. The largest absolute Gasteiger partial charge is 0.493 e. The number of hydrogen-bond acceptors (Lipinski definition) is 8. The zero-order valence-corrected chi connectivity index (χ0v) is 23.9. The quantitative estimate of drug-likeness (QED) is 0.407. The van der Waals surface area contributed by atoms with Crippen molar-refractivity contribution in [2.75, 3.05) is 32.8 Å². The van der Waals surface area contributed by atoms with Gasteiger partial charge < -0.3 is 23.8 Å².